The molecule has 29 heavy (non-hydrogen) atoms. The van der Waals surface area contributed by atoms with Crippen molar-refractivity contribution in [1.82, 2.24) is 9.97 Å². The zero-order chi connectivity index (χ0) is 20.5. The molecule has 152 valence electrons. The Morgan fingerprint density at radius 3 is 2.90 bits per heavy atom. The number of carbonyl (C=O) groups excluding carboxylic acids is 1. The molecule has 2 aromatic heterocycles. The van der Waals surface area contributed by atoms with Crippen LogP contribution in [0.2, 0.25) is 0 Å². The molecule has 0 spiro atoms. The third-order valence-corrected chi connectivity index (χ3v) is 6.87. The first-order chi connectivity index (χ1) is 13.9. The molecule has 0 aliphatic heterocycles. The van der Waals surface area contributed by atoms with Crippen molar-refractivity contribution in [3.8, 4) is 0 Å². The number of nitrogens with zero attached hydrogens (tertiary/aromatic N) is 1. The maximum Gasteiger partial charge on any atom is 0.279 e. The number of quaternary nitrogens is 1. The molecular formula is C22H27N4O2S+. The van der Waals surface area contributed by atoms with Gasteiger partial charge in [-0.25, -0.2) is 4.98 Å². The molecule has 1 atom stereocenters. The number of hydrogen-bond donors (Lipinski definition) is 3. The van der Waals surface area contributed by atoms with Gasteiger partial charge in [-0.3, -0.25) is 9.59 Å². The molecule has 0 saturated heterocycles. The number of amides is 1. The maximum atomic E-state index is 12.7. The van der Waals surface area contributed by atoms with Gasteiger partial charge in [0.05, 0.1) is 12.4 Å². The Morgan fingerprint density at radius 2 is 2.07 bits per heavy atom. The number of nitrogens with one attached hydrogen (secondary N) is 3. The summed E-state index contributed by atoms with van der Waals surface area (Å²) >= 11 is 1.65. The molecular weight excluding hydrogens is 384 g/mol. The minimum absolute atomic E-state index is 0.0444. The van der Waals surface area contributed by atoms with Crippen LogP contribution in [0.3, 0.4) is 0 Å². The third-order valence-electron chi connectivity index (χ3n) is 5.68. The first-order valence-corrected chi connectivity index (χ1v) is 10.9. The number of aromatic nitrogens is 2. The van der Waals surface area contributed by atoms with E-state index in [1.54, 1.807) is 11.3 Å². The first kappa shape index (κ1) is 19.8. The number of fused-ring (bicyclic) bond motifs is 3. The number of rotatable bonds is 5. The van der Waals surface area contributed by atoms with Crippen LogP contribution in [0.1, 0.15) is 40.2 Å². The summed E-state index contributed by atoms with van der Waals surface area (Å²) in [4.78, 5) is 35.9. The van der Waals surface area contributed by atoms with Gasteiger partial charge in [0.25, 0.3) is 11.5 Å². The predicted octanol–water partition coefficient (Wildman–Crippen LogP) is 2.13. The van der Waals surface area contributed by atoms with Crippen LogP contribution in [0.25, 0.3) is 10.2 Å². The van der Waals surface area contributed by atoms with Crippen molar-refractivity contribution < 1.29 is 9.69 Å². The van der Waals surface area contributed by atoms with Gasteiger partial charge in [-0.2, -0.15) is 0 Å². The molecule has 4 rings (SSSR count). The van der Waals surface area contributed by atoms with Gasteiger partial charge in [0.2, 0.25) is 0 Å². The zero-order valence-corrected chi connectivity index (χ0v) is 18.0. The van der Waals surface area contributed by atoms with E-state index in [9.17, 15) is 9.59 Å². The van der Waals surface area contributed by atoms with Crippen LogP contribution in [0.4, 0.5) is 5.69 Å². The van der Waals surface area contributed by atoms with Crippen molar-refractivity contribution in [2.75, 3.05) is 18.9 Å². The van der Waals surface area contributed by atoms with E-state index in [4.69, 9.17) is 4.98 Å². The maximum absolute atomic E-state index is 12.7. The summed E-state index contributed by atoms with van der Waals surface area (Å²) in [6, 6.07) is 5.89. The summed E-state index contributed by atoms with van der Waals surface area (Å²) in [7, 11) is 1.94. The second-order valence-corrected chi connectivity index (χ2v) is 9.09. The van der Waals surface area contributed by atoms with Gasteiger partial charge in [-0.05, 0) is 62.3 Å². The Hall–Kier alpha value is -2.51. The molecule has 3 N–H and O–H groups in total. The number of likely N-dealkylation sites (N-methyl/N-ethyl adjacent to an activating group) is 1. The number of benzene rings is 1. The molecule has 7 heteroatoms. The molecule has 1 amide bonds. The fourth-order valence-electron chi connectivity index (χ4n) is 4.00. The summed E-state index contributed by atoms with van der Waals surface area (Å²) in [5.74, 6) is 0.587. The quantitative estimate of drug-likeness (QED) is 0.602. The lowest BCUT2D eigenvalue weighted by atomic mass is 9.97. The molecule has 0 radical (unpaired) electrons. The third kappa shape index (κ3) is 4.11. The van der Waals surface area contributed by atoms with Crippen LogP contribution < -0.4 is 15.8 Å². The van der Waals surface area contributed by atoms with Crippen LogP contribution in [0.5, 0.6) is 0 Å². The molecule has 6 nitrogen and oxygen atoms in total. The monoisotopic (exact) mass is 411 g/mol. The summed E-state index contributed by atoms with van der Waals surface area (Å²) in [6.07, 6.45) is 4.35. The Balaban J connectivity index is 1.46. The van der Waals surface area contributed by atoms with Crippen LogP contribution >= 0.6 is 11.3 Å². The zero-order valence-electron chi connectivity index (χ0n) is 17.1. The minimum atomic E-state index is -0.0498. The number of thiophene rings is 1. The molecule has 0 bridgehead atoms. The van der Waals surface area contributed by atoms with Crippen molar-refractivity contribution in [2.24, 2.45) is 0 Å². The standard InChI is InChI=1S/C22H26N4O2S/c1-13-7-6-9-16(14(13)2)23-19(27)12-26(3)11-18-24-21(28)20-15-8-4-5-10-17(15)29-22(20)25-18/h6-7,9H,4-5,8,10-12H2,1-3H3,(H,23,27)(H,24,25,28)/p+1. The highest BCUT2D eigenvalue weighted by Crippen LogP contribution is 2.33. The topological polar surface area (TPSA) is 79.3 Å². The number of anilines is 1. The van der Waals surface area contributed by atoms with Crippen LogP contribution in [-0.2, 0) is 24.2 Å². The average molecular weight is 412 g/mol. The summed E-state index contributed by atoms with van der Waals surface area (Å²) < 4.78 is 0. The van der Waals surface area contributed by atoms with Gasteiger partial charge in [-0.1, -0.05) is 12.1 Å². The lowest BCUT2D eigenvalue weighted by Crippen LogP contribution is -3.08. The number of aromatic amines is 1. The molecule has 1 aliphatic carbocycles. The summed E-state index contributed by atoms with van der Waals surface area (Å²) in [6.45, 7) is 4.83. The molecule has 3 aromatic rings. The smallest absolute Gasteiger partial charge is 0.279 e. The second-order valence-electron chi connectivity index (χ2n) is 8.01. The fraction of sp³-hybridized carbons (Fsp3) is 0.409. The van der Waals surface area contributed by atoms with Gasteiger partial charge in [-0.15, -0.1) is 11.3 Å². The normalized spacial score (nSPS) is 14.6. The summed E-state index contributed by atoms with van der Waals surface area (Å²) in [5.41, 5.74) is 4.23. The van der Waals surface area contributed by atoms with Gasteiger partial charge >= 0.3 is 0 Å². The second kappa shape index (κ2) is 8.08. The molecule has 0 saturated carbocycles. The Bertz CT molecular complexity index is 1130. The lowest BCUT2D eigenvalue weighted by molar-refractivity contribution is -0.885. The van der Waals surface area contributed by atoms with E-state index in [1.165, 1.54) is 16.9 Å². The lowest BCUT2D eigenvalue weighted by Gasteiger charge is -2.15. The van der Waals surface area contributed by atoms with E-state index >= 15 is 0 Å². The summed E-state index contributed by atoms with van der Waals surface area (Å²) in [5, 5.41) is 3.77. The first-order valence-electron chi connectivity index (χ1n) is 10.1. The number of hydrogen-bond acceptors (Lipinski definition) is 4. The van der Waals surface area contributed by atoms with Crippen molar-refractivity contribution in [1.29, 1.82) is 0 Å². The van der Waals surface area contributed by atoms with E-state index in [1.807, 2.05) is 39.1 Å². The van der Waals surface area contributed by atoms with Gasteiger partial charge in [0.1, 0.15) is 11.4 Å². The molecule has 1 aliphatic rings. The van der Waals surface area contributed by atoms with Crippen molar-refractivity contribution in [3.05, 3.63) is 55.9 Å². The molecule has 0 fully saturated rings. The predicted molar refractivity (Wildman–Crippen MR) is 117 cm³/mol. The average Bonchev–Trinajstić information content (AvgIpc) is 3.04. The Labute approximate surface area is 174 Å². The SMILES string of the molecule is Cc1cccc(NC(=O)C[NH+](C)Cc2nc3sc4c(c3c(=O)[nH]2)CCCC4)c1C. The molecule has 2 heterocycles. The van der Waals surface area contributed by atoms with E-state index < -0.39 is 0 Å². The van der Waals surface area contributed by atoms with E-state index in [-0.39, 0.29) is 11.5 Å². The largest absolute Gasteiger partial charge is 0.323 e. The Kier molecular flexibility index (Phi) is 5.52. The number of carbonyl (C=O) groups is 1. The van der Waals surface area contributed by atoms with Gasteiger partial charge in [0.15, 0.2) is 12.4 Å². The van der Waals surface area contributed by atoms with E-state index in [2.05, 4.69) is 10.3 Å². The van der Waals surface area contributed by atoms with Crippen LogP contribution in [0.15, 0.2) is 23.0 Å². The highest BCUT2D eigenvalue weighted by atomic mass is 32.1. The number of H-pyrrole nitrogens is 1. The number of aryl methyl sites for hydroxylation is 3. The van der Waals surface area contributed by atoms with Crippen molar-refractivity contribution in [3.63, 3.8) is 0 Å². The highest BCUT2D eigenvalue weighted by molar-refractivity contribution is 7.18. The van der Waals surface area contributed by atoms with Crippen LogP contribution in [-0.4, -0.2) is 29.5 Å². The van der Waals surface area contributed by atoms with E-state index in [0.717, 1.165) is 51.2 Å². The van der Waals surface area contributed by atoms with Gasteiger partial charge < -0.3 is 15.2 Å². The highest BCUT2D eigenvalue weighted by Gasteiger charge is 2.21. The van der Waals surface area contributed by atoms with E-state index in [0.29, 0.717) is 18.9 Å². The van der Waals surface area contributed by atoms with Crippen molar-refractivity contribution >= 4 is 33.1 Å². The molecule has 1 unspecified atom stereocenters. The van der Waals surface area contributed by atoms with Crippen LogP contribution in [0, 0.1) is 13.8 Å². The fourth-order valence-corrected chi connectivity index (χ4v) is 5.28. The Morgan fingerprint density at radius 1 is 1.28 bits per heavy atom. The van der Waals surface area contributed by atoms with Gasteiger partial charge in [0, 0.05) is 10.6 Å². The molecule has 1 aromatic carbocycles. The minimum Gasteiger partial charge on any atom is -0.323 e. The van der Waals surface area contributed by atoms with Crippen molar-refractivity contribution in [2.45, 2.75) is 46.1 Å².